The minimum absolute atomic E-state index is 0.0400. The van der Waals surface area contributed by atoms with Gasteiger partial charge in [-0.1, -0.05) is 122 Å². The van der Waals surface area contributed by atoms with Crippen molar-refractivity contribution in [2.75, 3.05) is 47.5 Å². The van der Waals surface area contributed by atoms with Crippen molar-refractivity contribution in [2.45, 2.75) is 180 Å². The van der Waals surface area contributed by atoms with Crippen LogP contribution in [0, 0.1) is 0 Å². The van der Waals surface area contributed by atoms with Gasteiger partial charge in [0.2, 0.25) is 0 Å². The van der Waals surface area contributed by atoms with Crippen molar-refractivity contribution in [3.05, 3.63) is 36.6 Å². The van der Waals surface area contributed by atoms with Crippen LogP contribution in [0.1, 0.15) is 174 Å². The smallest absolute Gasteiger partial charge is 0.472 e. The first-order valence-corrected chi connectivity index (χ1v) is 22.3. The summed E-state index contributed by atoms with van der Waals surface area (Å²) in [6, 6.07) is 0. The van der Waals surface area contributed by atoms with E-state index in [1.165, 1.54) is 103 Å². The molecule has 0 aromatic rings. The second-order valence-electron chi connectivity index (χ2n) is 15.1. The van der Waals surface area contributed by atoms with Gasteiger partial charge in [0.15, 0.2) is 6.10 Å². The van der Waals surface area contributed by atoms with Crippen molar-refractivity contribution < 1.29 is 37.3 Å². The van der Waals surface area contributed by atoms with Crippen LogP contribution in [0.2, 0.25) is 0 Å². The highest BCUT2D eigenvalue weighted by Crippen LogP contribution is 2.43. The molecule has 2 atom stereocenters. The fourth-order valence-electron chi connectivity index (χ4n) is 5.45. The first kappa shape index (κ1) is 49.6. The highest BCUT2D eigenvalue weighted by atomic mass is 31.2. The van der Waals surface area contributed by atoms with Gasteiger partial charge in [-0.05, 0) is 76.7 Å². The summed E-state index contributed by atoms with van der Waals surface area (Å²) < 4.78 is 34.6. The Kier molecular flexibility index (Phi) is 34.6. The minimum atomic E-state index is -4.29. The van der Waals surface area contributed by atoms with Crippen molar-refractivity contribution in [1.29, 1.82) is 0 Å². The molecule has 0 aliphatic heterocycles. The second-order valence-corrected chi connectivity index (χ2v) is 16.5. The Hall–Kier alpha value is -1.44. The van der Waals surface area contributed by atoms with Crippen LogP contribution >= 0.6 is 7.82 Å². The maximum atomic E-state index is 12.6. The normalized spacial score (nSPS) is 14.2. The number of hydrogen-bond acceptors (Lipinski definition) is 6. The lowest BCUT2D eigenvalue weighted by Gasteiger charge is -2.24. The van der Waals surface area contributed by atoms with E-state index in [9.17, 15) is 14.3 Å². The fourth-order valence-corrected chi connectivity index (χ4v) is 6.19. The molecule has 9 heteroatoms. The van der Waals surface area contributed by atoms with Crippen LogP contribution in [0.5, 0.6) is 0 Å². The topological polar surface area (TPSA) is 91.3 Å². The average molecular weight is 743 g/mol. The molecular weight excluding hydrogens is 661 g/mol. The van der Waals surface area contributed by atoms with Crippen LogP contribution < -0.4 is 0 Å². The molecule has 0 fully saturated rings. The first-order valence-electron chi connectivity index (χ1n) is 20.8. The summed E-state index contributed by atoms with van der Waals surface area (Å²) in [5, 5.41) is 0. The monoisotopic (exact) mass is 743 g/mol. The molecule has 0 bridgehead atoms. The predicted octanol–water partition coefficient (Wildman–Crippen LogP) is 12.2. The molecule has 51 heavy (non-hydrogen) atoms. The number of rotatable bonds is 38. The molecule has 1 unspecified atom stereocenters. The minimum Gasteiger partial charge on any atom is -0.498 e. The zero-order chi connectivity index (χ0) is 37.7. The molecule has 0 aromatic heterocycles. The average Bonchev–Trinajstić information content (AvgIpc) is 3.08. The molecule has 0 aromatic carbocycles. The molecule has 0 aliphatic carbocycles. The van der Waals surface area contributed by atoms with Gasteiger partial charge in [0.1, 0.15) is 19.8 Å². The summed E-state index contributed by atoms with van der Waals surface area (Å²) in [5.74, 6) is -0.349. The number of quaternary nitrogens is 1. The Morgan fingerprint density at radius 2 is 1.04 bits per heavy atom. The number of unbranched alkanes of at least 4 members (excludes halogenated alkanes) is 20. The zero-order valence-electron chi connectivity index (χ0n) is 33.8. The molecular formula is C42H81NO7P+. The number of esters is 1. The lowest BCUT2D eigenvalue weighted by Crippen LogP contribution is -2.37. The number of phosphoric ester groups is 1. The third kappa shape index (κ3) is 39.6. The van der Waals surface area contributed by atoms with E-state index in [-0.39, 0.29) is 25.8 Å². The van der Waals surface area contributed by atoms with Gasteiger partial charge in [0.25, 0.3) is 0 Å². The number of ether oxygens (including phenoxy) is 2. The molecule has 8 nitrogen and oxygen atoms in total. The number of hydrogen-bond donors (Lipinski definition) is 1. The number of allylic oxidation sites excluding steroid dienone is 5. The van der Waals surface area contributed by atoms with Gasteiger partial charge in [-0.2, -0.15) is 0 Å². The van der Waals surface area contributed by atoms with Crippen molar-refractivity contribution in [2.24, 2.45) is 0 Å². The molecule has 0 heterocycles. The van der Waals surface area contributed by atoms with Crippen molar-refractivity contribution in [3.63, 3.8) is 0 Å². The van der Waals surface area contributed by atoms with Crippen LogP contribution in [-0.2, 0) is 27.9 Å². The van der Waals surface area contributed by atoms with E-state index in [4.69, 9.17) is 18.5 Å². The number of carbonyl (C=O) groups excluding carboxylic acids is 1. The van der Waals surface area contributed by atoms with Crippen LogP contribution in [0.15, 0.2) is 36.6 Å². The van der Waals surface area contributed by atoms with Gasteiger partial charge in [-0.25, -0.2) is 4.57 Å². The number of phosphoric acid groups is 1. The molecule has 0 amide bonds. The summed E-state index contributed by atoms with van der Waals surface area (Å²) in [7, 11) is 1.62. The van der Waals surface area contributed by atoms with Gasteiger partial charge in [0.05, 0.1) is 34.0 Å². The van der Waals surface area contributed by atoms with Gasteiger partial charge >= 0.3 is 13.8 Å². The molecule has 0 spiro atoms. The summed E-state index contributed by atoms with van der Waals surface area (Å²) in [6.07, 6.45) is 41.2. The molecule has 1 N–H and O–H groups in total. The van der Waals surface area contributed by atoms with Crippen LogP contribution in [0.4, 0.5) is 0 Å². The van der Waals surface area contributed by atoms with Gasteiger partial charge < -0.3 is 18.9 Å². The highest BCUT2D eigenvalue weighted by Gasteiger charge is 2.26. The fraction of sp³-hybridized carbons (Fsp3) is 0.833. The largest absolute Gasteiger partial charge is 0.498 e. The predicted molar refractivity (Wildman–Crippen MR) is 215 cm³/mol. The molecule has 0 aliphatic rings. The Balaban J connectivity index is 4.35. The Morgan fingerprint density at radius 3 is 1.53 bits per heavy atom. The van der Waals surface area contributed by atoms with E-state index in [0.717, 1.165) is 51.4 Å². The molecule has 0 saturated carbocycles. The van der Waals surface area contributed by atoms with Gasteiger partial charge in [-0.15, -0.1) is 0 Å². The van der Waals surface area contributed by atoms with Crippen LogP contribution in [0.3, 0.4) is 0 Å². The zero-order valence-corrected chi connectivity index (χ0v) is 34.7. The second kappa shape index (κ2) is 35.6. The van der Waals surface area contributed by atoms with Crippen molar-refractivity contribution in [1.82, 2.24) is 0 Å². The van der Waals surface area contributed by atoms with E-state index in [1.54, 1.807) is 6.26 Å². The summed E-state index contributed by atoms with van der Waals surface area (Å²) in [4.78, 5) is 22.8. The molecule has 0 rings (SSSR count). The third-order valence-corrected chi connectivity index (χ3v) is 9.72. The van der Waals surface area contributed by atoms with E-state index >= 15 is 0 Å². The van der Waals surface area contributed by atoms with Crippen molar-refractivity contribution >= 4 is 13.8 Å². The van der Waals surface area contributed by atoms with E-state index in [2.05, 4.69) is 38.2 Å². The maximum Gasteiger partial charge on any atom is 0.472 e. The standard InChI is InChI=1S/C42H80NO7P/c1-6-8-10-12-14-16-18-20-21-22-24-26-28-30-32-34-37-47-39-41(40-49-51(45,46)48-38-36-43(3,4)5)50-42(44)35-33-31-29-27-25-23-19-17-15-13-11-9-7-2/h17,19-21,34,37,41H,6-16,18,22-33,35-36,38-40H2,1-5H3/p+1/b19-17-,21-20-,37-34-/t41-/m1/s1. The van der Waals surface area contributed by atoms with E-state index in [1.807, 2.05) is 27.2 Å². The van der Waals surface area contributed by atoms with Crippen LogP contribution in [0.25, 0.3) is 0 Å². The third-order valence-electron chi connectivity index (χ3n) is 8.74. The molecule has 0 radical (unpaired) electrons. The number of carbonyl (C=O) groups is 1. The summed E-state index contributed by atoms with van der Waals surface area (Å²) in [5.41, 5.74) is 0. The maximum absolute atomic E-state index is 12.6. The first-order chi connectivity index (χ1) is 24.6. The number of nitrogens with zero attached hydrogens (tertiary/aromatic N) is 1. The number of likely N-dealkylation sites (N-methyl/N-ethyl adjacent to an activating group) is 1. The molecule has 300 valence electrons. The Morgan fingerprint density at radius 1 is 0.608 bits per heavy atom. The quantitative estimate of drug-likeness (QED) is 0.0168. The SMILES string of the molecule is CCCCCC/C=C\CCCCCCCC(=O)O[C@H](CO/C=C\CCCCCC/C=C\CCCCCCCC)COP(=O)(O)OCC[N+](C)(C)C. The Bertz CT molecular complexity index is 915. The summed E-state index contributed by atoms with van der Waals surface area (Å²) >= 11 is 0. The van der Waals surface area contributed by atoms with Crippen molar-refractivity contribution in [3.8, 4) is 0 Å². The van der Waals surface area contributed by atoms with Crippen LogP contribution in [-0.4, -0.2) is 69.0 Å². The molecule has 0 saturated heterocycles. The lowest BCUT2D eigenvalue weighted by atomic mass is 10.1. The van der Waals surface area contributed by atoms with Gasteiger partial charge in [-0.3, -0.25) is 13.8 Å². The van der Waals surface area contributed by atoms with E-state index < -0.39 is 13.9 Å². The van der Waals surface area contributed by atoms with Gasteiger partial charge in [0, 0.05) is 6.42 Å². The van der Waals surface area contributed by atoms with E-state index in [0.29, 0.717) is 17.4 Å². The summed E-state index contributed by atoms with van der Waals surface area (Å²) in [6.45, 7) is 4.88. The highest BCUT2D eigenvalue weighted by molar-refractivity contribution is 7.47. The Labute approximate surface area is 315 Å². The lowest BCUT2D eigenvalue weighted by molar-refractivity contribution is -0.870.